The quantitative estimate of drug-likeness (QED) is 0.235. The molecule has 2 amide bonds. The maximum atomic E-state index is 13.2. The molecule has 0 saturated heterocycles. The van der Waals surface area contributed by atoms with Crippen molar-refractivity contribution in [3.05, 3.63) is 66.3 Å². The van der Waals surface area contributed by atoms with Crippen LogP contribution in [0.5, 0.6) is 0 Å². The zero-order valence-corrected chi connectivity index (χ0v) is 22.0. The van der Waals surface area contributed by atoms with Crippen LogP contribution in [0.15, 0.2) is 33.9 Å². The highest BCUT2D eigenvalue weighted by Crippen LogP contribution is 2.40. The van der Waals surface area contributed by atoms with Gasteiger partial charge in [0.1, 0.15) is 16.4 Å². The first-order valence-corrected chi connectivity index (χ1v) is 13.8. The van der Waals surface area contributed by atoms with E-state index in [0.29, 0.717) is 29.2 Å². The van der Waals surface area contributed by atoms with Crippen molar-refractivity contribution in [2.24, 2.45) is 5.92 Å². The molecule has 5 rings (SSSR count). The molecule has 37 heavy (non-hydrogen) atoms. The van der Waals surface area contributed by atoms with Crippen LogP contribution in [0.3, 0.4) is 0 Å². The van der Waals surface area contributed by atoms with Gasteiger partial charge in [-0.25, -0.2) is 0 Å². The van der Waals surface area contributed by atoms with Crippen LogP contribution in [0.2, 0.25) is 0 Å². The summed E-state index contributed by atoms with van der Waals surface area (Å²) in [6.45, 7) is 4.63. The van der Waals surface area contributed by atoms with E-state index >= 15 is 0 Å². The number of benzene rings is 1. The fourth-order valence-corrected chi connectivity index (χ4v) is 5.94. The Morgan fingerprint density at radius 1 is 1.03 bits per heavy atom. The fourth-order valence-electron chi connectivity index (χ4n) is 4.70. The molecule has 3 aromatic rings. The number of amides is 2. The number of carbonyl (C=O) groups is 2. The summed E-state index contributed by atoms with van der Waals surface area (Å²) in [5, 5.41) is 13.0. The third kappa shape index (κ3) is 5.32. The minimum atomic E-state index is -0.531. The second-order valence-electron chi connectivity index (χ2n) is 10.1. The number of nitrogens with one attached hydrogen (secondary N) is 4. The van der Waals surface area contributed by atoms with Crippen LogP contribution in [-0.2, 0) is 17.6 Å². The summed E-state index contributed by atoms with van der Waals surface area (Å²) in [5.74, 6) is -0.155. The lowest BCUT2D eigenvalue weighted by molar-refractivity contribution is -0.117. The van der Waals surface area contributed by atoms with Gasteiger partial charge in [0.2, 0.25) is 5.91 Å². The molecule has 0 bridgehead atoms. The number of hydrogen-bond donors (Lipinski definition) is 4. The highest BCUT2D eigenvalue weighted by atomic mass is 32.1. The average Bonchev–Trinajstić information content (AvgIpc) is 3.69. The summed E-state index contributed by atoms with van der Waals surface area (Å²) in [6.07, 6.45) is 5.65. The molecule has 1 aromatic heterocycles. The molecule has 1 saturated carbocycles. The minimum Gasteiger partial charge on any atom is -0.377 e. The normalized spacial score (nSPS) is 16.8. The van der Waals surface area contributed by atoms with Gasteiger partial charge in [0.25, 0.3) is 16.8 Å². The summed E-state index contributed by atoms with van der Waals surface area (Å²) < 4.78 is 0. The standard InChI is InChI=1S/C28H32N4O4S/c1-3-4-13-29-27(36)21-19-14-18(11-12-20(19)37-28(21)32-26(35)16-7-8-16)31-23-22(24(33)25(23)34)30-17-9-5-15(2)6-10-17/h5-6,9-10,16,18,30-31H,3-4,7-8,11-14H2,1-2H3,(H,29,36)(H,32,35). The van der Waals surface area contributed by atoms with Gasteiger partial charge in [-0.05, 0) is 63.1 Å². The first-order valence-electron chi connectivity index (χ1n) is 13.0. The van der Waals surface area contributed by atoms with E-state index in [-0.39, 0.29) is 29.5 Å². The van der Waals surface area contributed by atoms with Crippen molar-refractivity contribution >= 4 is 45.2 Å². The molecule has 0 spiro atoms. The van der Waals surface area contributed by atoms with E-state index in [2.05, 4.69) is 28.2 Å². The predicted molar refractivity (Wildman–Crippen MR) is 148 cm³/mol. The van der Waals surface area contributed by atoms with Gasteiger partial charge in [-0.1, -0.05) is 31.0 Å². The largest absolute Gasteiger partial charge is 0.377 e. The Bertz CT molecular complexity index is 1400. The van der Waals surface area contributed by atoms with E-state index in [1.807, 2.05) is 31.2 Å². The van der Waals surface area contributed by atoms with Crippen molar-refractivity contribution in [2.45, 2.75) is 64.8 Å². The third-order valence-electron chi connectivity index (χ3n) is 7.07. The van der Waals surface area contributed by atoms with Gasteiger partial charge < -0.3 is 21.3 Å². The lowest BCUT2D eigenvalue weighted by atomic mass is 9.90. The number of unbranched alkanes of at least 4 members (excludes halogenated alkanes) is 1. The van der Waals surface area contributed by atoms with Gasteiger partial charge in [-0.3, -0.25) is 19.2 Å². The highest BCUT2D eigenvalue weighted by molar-refractivity contribution is 7.17. The second-order valence-corrected chi connectivity index (χ2v) is 11.2. The number of aryl methyl sites for hydroxylation is 2. The molecule has 9 heteroatoms. The SMILES string of the molecule is CCCCNC(=O)c1c(NC(=O)C2CC2)sc2c1CC(Nc1c(Nc3ccc(C)cc3)c(=O)c1=O)CC2. The number of anilines is 4. The van der Waals surface area contributed by atoms with Crippen LogP contribution in [-0.4, -0.2) is 24.4 Å². The van der Waals surface area contributed by atoms with Crippen molar-refractivity contribution in [3.63, 3.8) is 0 Å². The van der Waals surface area contributed by atoms with E-state index in [0.717, 1.165) is 60.2 Å². The Kier molecular flexibility index (Phi) is 7.15. The van der Waals surface area contributed by atoms with Gasteiger partial charge in [-0.2, -0.15) is 0 Å². The summed E-state index contributed by atoms with van der Waals surface area (Å²) in [6, 6.07) is 7.50. The molecular formula is C28H32N4O4S. The van der Waals surface area contributed by atoms with Gasteiger partial charge in [0, 0.05) is 29.1 Å². The van der Waals surface area contributed by atoms with Crippen LogP contribution in [0, 0.1) is 12.8 Å². The Balaban J connectivity index is 1.36. The van der Waals surface area contributed by atoms with Crippen molar-refractivity contribution in [1.82, 2.24) is 5.32 Å². The monoisotopic (exact) mass is 520 g/mol. The molecule has 1 unspecified atom stereocenters. The summed E-state index contributed by atoms with van der Waals surface area (Å²) >= 11 is 1.48. The van der Waals surface area contributed by atoms with E-state index in [1.54, 1.807) is 0 Å². The van der Waals surface area contributed by atoms with Crippen molar-refractivity contribution < 1.29 is 9.59 Å². The summed E-state index contributed by atoms with van der Waals surface area (Å²) in [5.41, 5.74) is 2.82. The molecule has 194 valence electrons. The summed E-state index contributed by atoms with van der Waals surface area (Å²) in [7, 11) is 0. The molecule has 4 N–H and O–H groups in total. The topological polar surface area (TPSA) is 116 Å². The van der Waals surface area contributed by atoms with Crippen LogP contribution in [0.1, 0.15) is 65.4 Å². The smallest absolute Gasteiger partial charge is 0.254 e. The fraction of sp³-hybridized carbons (Fsp3) is 0.429. The van der Waals surface area contributed by atoms with Crippen LogP contribution >= 0.6 is 11.3 Å². The number of fused-ring (bicyclic) bond motifs is 1. The zero-order chi connectivity index (χ0) is 26.1. The molecule has 0 aliphatic heterocycles. The molecule has 1 fully saturated rings. The van der Waals surface area contributed by atoms with Gasteiger partial charge >= 0.3 is 0 Å². The molecule has 1 atom stereocenters. The molecule has 2 aromatic carbocycles. The molecule has 8 nitrogen and oxygen atoms in total. The number of hydrogen-bond acceptors (Lipinski definition) is 7. The van der Waals surface area contributed by atoms with Crippen molar-refractivity contribution in [2.75, 3.05) is 22.5 Å². The molecule has 2 aliphatic carbocycles. The zero-order valence-electron chi connectivity index (χ0n) is 21.2. The van der Waals surface area contributed by atoms with E-state index < -0.39 is 10.9 Å². The Morgan fingerprint density at radius 2 is 1.76 bits per heavy atom. The molecular weight excluding hydrogens is 488 g/mol. The van der Waals surface area contributed by atoms with Crippen molar-refractivity contribution in [1.29, 1.82) is 0 Å². The van der Waals surface area contributed by atoms with E-state index in [4.69, 9.17) is 0 Å². The van der Waals surface area contributed by atoms with E-state index in [9.17, 15) is 19.2 Å². The van der Waals surface area contributed by atoms with Crippen LogP contribution in [0.25, 0.3) is 0 Å². The van der Waals surface area contributed by atoms with Gasteiger partial charge in [0.05, 0.1) is 5.56 Å². The Morgan fingerprint density at radius 3 is 2.46 bits per heavy atom. The Hall–Kier alpha value is -3.46. The number of carbonyl (C=O) groups excluding carboxylic acids is 2. The lowest BCUT2D eigenvalue weighted by Crippen LogP contribution is -2.40. The van der Waals surface area contributed by atoms with E-state index in [1.165, 1.54) is 11.3 Å². The van der Waals surface area contributed by atoms with Gasteiger partial charge in [0.15, 0.2) is 0 Å². The summed E-state index contributed by atoms with van der Waals surface area (Å²) in [4.78, 5) is 51.6. The third-order valence-corrected chi connectivity index (χ3v) is 8.28. The highest BCUT2D eigenvalue weighted by Gasteiger charge is 2.34. The Labute approximate surface area is 219 Å². The lowest BCUT2D eigenvalue weighted by Gasteiger charge is -2.26. The number of rotatable bonds is 10. The molecule has 0 radical (unpaired) electrons. The predicted octanol–water partition coefficient (Wildman–Crippen LogP) is 4.24. The molecule has 2 aliphatic rings. The maximum absolute atomic E-state index is 13.2. The first-order chi connectivity index (χ1) is 17.9. The number of thiophene rings is 1. The first kappa shape index (κ1) is 25.2. The maximum Gasteiger partial charge on any atom is 0.254 e. The van der Waals surface area contributed by atoms with Crippen LogP contribution < -0.4 is 32.1 Å². The van der Waals surface area contributed by atoms with Crippen LogP contribution in [0.4, 0.5) is 22.1 Å². The minimum absolute atomic E-state index is 0.0218. The second kappa shape index (κ2) is 10.5. The average molecular weight is 521 g/mol. The molecule has 1 heterocycles. The van der Waals surface area contributed by atoms with Gasteiger partial charge in [-0.15, -0.1) is 11.3 Å². The van der Waals surface area contributed by atoms with Crippen molar-refractivity contribution in [3.8, 4) is 0 Å².